The van der Waals surface area contributed by atoms with E-state index in [1.165, 1.54) is 18.4 Å². The summed E-state index contributed by atoms with van der Waals surface area (Å²) in [6.07, 6.45) is 1.41. The van der Waals surface area contributed by atoms with Gasteiger partial charge in [0.25, 0.3) is 0 Å². The molecule has 0 bridgehead atoms. The standard InChI is InChI=1S/C7H3ClFO/c8-6-2-1-3-7(9)5(6)4-10/h1-3H. The summed E-state index contributed by atoms with van der Waals surface area (Å²) in [6, 6.07) is 4.02. The van der Waals surface area contributed by atoms with Crippen LogP contribution in [0.5, 0.6) is 0 Å². The molecule has 3 heteroatoms. The number of carbonyl (C=O) groups excluding carboxylic acids is 1. The van der Waals surface area contributed by atoms with Gasteiger partial charge in [-0.2, -0.15) is 0 Å². The third-order valence-electron chi connectivity index (χ3n) is 1.06. The molecule has 0 saturated heterocycles. The third-order valence-corrected chi connectivity index (χ3v) is 1.38. The van der Waals surface area contributed by atoms with E-state index in [2.05, 4.69) is 0 Å². The predicted octanol–water partition coefficient (Wildman–Crippen LogP) is 1.94. The molecule has 0 aliphatic heterocycles. The van der Waals surface area contributed by atoms with Crippen LogP contribution in [0.1, 0.15) is 5.56 Å². The smallest absolute Gasteiger partial charge is 0.238 e. The zero-order valence-electron chi connectivity index (χ0n) is 4.90. The van der Waals surface area contributed by atoms with E-state index >= 15 is 0 Å². The van der Waals surface area contributed by atoms with Crippen molar-refractivity contribution >= 4 is 17.9 Å². The van der Waals surface area contributed by atoms with E-state index < -0.39 is 5.82 Å². The fourth-order valence-corrected chi connectivity index (χ4v) is 0.797. The van der Waals surface area contributed by atoms with Gasteiger partial charge in [-0.1, -0.05) is 17.7 Å². The Morgan fingerprint density at radius 3 is 2.60 bits per heavy atom. The maximum Gasteiger partial charge on any atom is 0.238 e. The van der Waals surface area contributed by atoms with Crippen molar-refractivity contribution in [3.05, 3.63) is 34.6 Å². The largest absolute Gasteiger partial charge is 0.285 e. The van der Waals surface area contributed by atoms with E-state index in [0.717, 1.165) is 6.07 Å². The van der Waals surface area contributed by atoms with E-state index in [0.29, 0.717) is 0 Å². The topological polar surface area (TPSA) is 17.1 Å². The second-order valence-corrected chi connectivity index (χ2v) is 2.11. The maximum atomic E-state index is 12.5. The SMILES string of the molecule is O=[C]c1c(F)cccc1Cl. The molecule has 0 heterocycles. The Bertz CT molecular complexity index is 240. The van der Waals surface area contributed by atoms with E-state index in [9.17, 15) is 9.18 Å². The van der Waals surface area contributed by atoms with Crippen LogP contribution in [0.4, 0.5) is 4.39 Å². The molecule has 10 heavy (non-hydrogen) atoms. The Morgan fingerprint density at radius 1 is 1.50 bits per heavy atom. The molecule has 0 spiro atoms. The minimum Gasteiger partial charge on any atom is -0.285 e. The number of hydrogen-bond acceptors (Lipinski definition) is 1. The Hall–Kier alpha value is -0.890. The molecular weight excluding hydrogens is 155 g/mol. The van der Waals surface area contributed by atoms with Gasteiger partial charge >= 0.3 is 0 Å². The summed E-state index contributed by atoms with van der Waals surface area (Å²) in [5.74, 6) is -0.637. The van der Waals surface area contributed by atoms with Crippen molar-refractivity contribution in [2.45, 2.75) is 0 Å². The molecule has 1 rings (SSSR count). The summed E-state index contributed by atoms with van der Waals surface area (Å²) in [4.78, 5) is 10.00. The lowest BCUT2D eigenvalue weighted by Gasteiger charge is -1.93. The lowest BCUT2D eigenvalue weighted by molar-refractivity contribution is 0.556. The maximum absolute atomic E-state index is 12.5. The van der Waals surface area contributed by atoms with Crippen LogP contribution in [-0.2, 0) is 4.79 Å². The first-order valence-corrected chi connectivity index (χ1v) is 2.95. The third kappa shape index (κ3) is 1.16. The quantitative estimate of drug-likeness (QED) is 0.609. The molecule has 0 atom stereocenters. The Balaban J connectivity index is 3.30. The van der Waals surface area contributed by atoms with Crippen molar-refractivity contribution in [3.8, 4) is 0 Å². The molecule has 0 unspecified atom stereocenters. The lowest BCUT2D eigenvalue weighted by Crippen LogP contribution is -1.87. The second-order valence-electron chi connectivity index (χ2n) is 1.70. The van der Waals surface area contributed by atoms with Gasteiger partial charge in [-0.25, -0.2) is 4.39 Å². The van der Waals surface area contributed by atoms with Gasteiger partial charge in [0, 0.05) is 0 Å². The van der Waals surface area contributed by atoms with Crippen molar-refractivity contribution in [1.82, 2.24) is 0 Å². The number of benzene rings is 1. The fourth-order valence-electron chi connectivity index (χ4n) is 0.595. The summed E-state index contributed by atoms with van der Waals surface area (Å²) in [5, 5.41) is 0.0926. The van der Waals surface area contributed by atoms with Crippen molar-refractivity contribution in [2.24, 2.45) is 0 Å². The summed E-state index contributed by atoms with van der Waals surface area (Å²) in [7, 11) is 0. The van der Waals surface area contributed by atoms with Crippen LogP contribution in [0.25, 0.3) is 0 Å². The van der Waals surface area contributed by atoms with Crippen LogP contribution < -0.4 is 0 Å². The first-order valence-electron chi connectivity index (χ1n) is 2.58. The predicted molar refractivity (Wildman–Crippen MR) is 36.2 cm³/mol. The molecule has 1 nitrogen and oxygen atoms in total. The molecule has 1 aromatic rings. The van der Waals surface area contributed by atoms with Crippen LogP contribution in [0.2, 0.25) is 5.02 Å². The zero-order valence-corrected chi connectivity index (χ0v) is 5.65. The highest BCUT2D eigenvalue weighted by atomic mass is 35.5. The van der Waals surface area contributed by atoms with Gasteiger partial charge < -0.3 is 0 Å². The molecule has 0 fully saturated rings. The highest BCUT2D eigenvalue weighted by Crippen LogP contribution is 2.15. The minimum absolute atomic E-state index is 0.0926. The molecule has 0 aromatic heterocycles. The van der Waals surface area contributed by atoms with Gasteiger partial charge in [0.2, 0.25) is 6.29 Å². The first kappa shape index (κ1) is 7.22. The lowest BCUT2D eigenvalue weighted by atomic mass is 10.2. The van der Waals surface area contributed by atoms with Crippen LogP contribution in [-0.4, -0.2) is 6.29 Å². The highest BCUT2D eigenvalue weighted by Gasteiger charge is 2.04. The van der Waals surface area contributed by atoms with Gasteiger partial charge in [-0.05, 0) is 12.1 Å². The number of hydrogen-bond donors (Lipinski definition) is 0. The fraction of sp³-hybridized carbons (Fsp3) is 0. The Morgan fingerprint density at radius 2 is 2.20 bits per heavy atom. The Kier molecular flexibility index (Phi) is 2.02. The van der Waals surface area contributed by atoms with E-state index in [1.54, 1.807) is 0 Å². The summed E-state index contributed by atoms with van der Waals surface area (Å²) < 4.78 is 12.5. The van der Waals surface area contributed by atoms with Gasteiger partial charge in [0.05, 0.1) is 10.6 Å². The molecule has 0 aliphatic rings. The van der Waals surface area contributed by atoms with Gasteiger partial charge in [-0.3, -0.25) is 4.79 Å². The Labute approximate surface area is 62.4 Å². The van der Waals surface area contributed by atoms with Crippen LogP contribution in [0.3, 0.4) is 0 Å². The van der Waals surface area contributed by atoms with Crippen molar-refractivity contribution in [3.63, 3.8) is 0 Å². The second kappa shape index (κ2) is 2.80. The molecule has 0 saturated carbocycles. The van der Waals surface area contributed by atoms with E-state index in [1.807, 2.05) is 0 Å². The van der Waals surface area contributed by atoms with Gasteiger partial charge in [0.15, 0.2) is 0 Å². The van der Waals surface area contributed by atoms with Crippen LogP contribution in [0, 0.1) is 5.82 Å². The molecule has 0 aliphatic carbocycles. The summed E-state index contributed by atoms with van der Waals surface area (Å²) >= 11 is 5.43. The van der Waals surface area contributed by atoms with E-state index in [-0.39, 0.29) is 10.6 Å². The van der Waals surface area contributed by atoms with Crippen molar-refractivity contribution in [2.75, 3.05) is 0 Å². The average Bonchev–Trinajstić information content (AvgIpc) is 1.88. The van der Waals surface area contributed by atoms with Gasteiger partial charge in [0.1, 0.15) is 5.82 Å². The normalized spacial score (nSPS) is 9.40. The molecule has 1 radical (unpaired) electrons. The molecule has 51 valence electrons. The molecule has 1 aromatic carbocycles. The van der Waals surface area contributed by atoms with E-state index in [4.69, 9.17) is 11.6 Å². The molecule has 0 amide bonds. The van der Waals surface area contributed by atoms with Crippen LogP contribution in [0.15, 0.2) is 18.2 Å². The first-order chi connectivity index (χ1) is 4.75. The minimum atomic E-state index is -0.637. The molecule has 0 N–H and O–H groups in total. The summed E-state index contributed by atoms with van der Waals surface area (Å²) in [6.45, 7) is 0. The van der Waals surface area contributed by atoms with Gasteiger partial charge in [-0.15, -0.1) is 0 Å². The monoisotopic (exact) mass is 157 g/mol. The highest BCUT2D eigenvalue weighted by molar-refractivity contribution is 6.32. The number of rotatable bonds is 1. The average molecular weight is 158 g/mol. The molecular formula is C7H3ClFO. The van der Waals surface area contributed by atoms with Crippen LogP contribution >= 0.6 is 11.6 Å². The van der Waals surface area contributed by atoms with Crippen molar-refractivity contribution < 1.29 is 9.18 Å². The number of halogens is 2. The zero-order chi connectivity index (χ0) is 7.56. The van der Waals surface area contributed by atoms with Crippen molar-refractivity contribution in [1.29, 1.82) is 0 Å². The summed E-state index contributed by atoms with van der Waals surface area (Å²) in [5.41, 5.74) is -0.204.